The third-order valence-electron chi connectivity index (χ3n) is 2.99. The molecular weight excluding hydrogens is 228 g/mol. The summed E-state index contributed by atoms with van der Waals surface area (Å²) in [5.41, 5.74) is 2.26. The first kappa shape index (κ1) is 12.6. The van der Waals surface area contributed by atoms with E-state index in [-0.39, 0.29) is 6.04 Å². The number of nitrogens with one attached hydrogen (secondary N) is 1. The van der Waals surface area contributed by atoms with E-state index in [9.17, 15) is 0 Å². The van der Waals surface area contributed by atoms with Crippen LogP contribution in [-0.2, 0) is 13.6 Å². The summed E-state index contributed by atoms with van der Waals surface area (Å²) in [4.78, 5) is 0. The second-order valence-electron chi connectivity index (χ2n) is 4.23. The molecule has 0 saturated heterocycles. The van der Waals surface area contributed by atoms with E-state index in [4.69, 9.17) is 4.74 Å². The molecule has 1 N–H and O–H groups in total. The summed E-state index contributed by atoms with van der Waals surface area (Å²) in [7, 11) is 3.57. The molecule has 0 bridgehead atoms. The zero-order chi connectivity index (χ0) is 13.0. The Balaban J connectivity index is 1.99. The smallest absolute Gasteiger partial charge is 0.119 e. The summed E-state index contributed by atoms with van der Waals surface area (Å²) >= 11 is 0. The zero-order valence-electron chi connectivity index (χ0n) is 10.9. The normalized spacial score (nSPS) is 12.4. The number of benzene rings is 1. The van der Waals surface area contributed by atoms with Crippen molar-refractivity contribution < 1.29 is 4.74 Å². The summed E-state index contributed by atoms with van der Waals surface area (Å²) in [5.74, 6) is 0.878. The van der Waals surface area contributed by atoms with Crippen molar-refractivity contribution in [1.29, 1.82) is 0 Å². The molecular formula is C13H18N4O. The molecule has 0 radical (unpaired) electrons. The molecule has 0 aliphatic heterocycles. The Morgan fingerprint density at radius 2 is 2.28 bits per heavy atom. The number of methoxy groups -OCH3 is 1. The summed E-state index contributed by atoms with van der Waals surface area (Å²) in [6.45, 7) is 2.86. The first-order valence-electron chi connectivity index (χ1n) is 5.91. The predicted octanol–water partition coefficient (Wildman–Crippen LogP) is 1.67. The van der Waals surface area contributed by atoms with Gasteiger partial charge in [-0.15, -0.1) is 5.10 Å². The van der Waals surface area contributed by atoms with Crippen LogP contribution in [0, 0.1) is 0 Å². The van der Waals surface area contributed by atoms with Crippen molar-refractivity contribution in [3.8, 4) is 5.75 Å². The van der Waals surface area contributed by atoms with E-state index in [1.54, 1.807) is 18.0 Å². The van der Waals surface area contributed by atoms with Gasteiger partial charge in [-0.25, -0.2) is 0 Å². The highest BCUT2D eigenvalue weighted by molar-refractivity contribution is 5.30. The van der Waals surface area contributed by atoms with E-state index in [2.05, 4.69) is 28.6 Å². The van der Waals surface area contributed by atoms with Gasteiger partial charge in [0.15, 0.2) is 0 Å². The van der Waals surface area contributed by atoms with Crippen molar-refractivity contribution in [2.45, 2.75) is 19.5 Å². The Bertz CT molecular complexity index is 509. The van der Waals surface area contributed by atoms with Gasteiger partial charge in [-0.2, -0.15) is 0 Å². The van der Waals surface area contributed by atoms with E-state index in [1.807, 2.05) is 25.2 Å². The average Bonchev–Trinajstić information content (AvgIpc) is 2.81. The van der Waals surface area contributed by atoms with E-state index in [0.717, 1.165) is 18.0 Å². The summed E-state index contributed by atoms with van der Waals surface area (Å²) in [6.07, 6.45) is 1.77. The minimum atomic E-state index is 0.245. The van der Waals surface area contributed by atoms with E-state index < -0.39 is 0 Å². The zero-order valence-corrected chi connectivity index (χ0v) is 10.9. The lowest BCUT2D eigenvalue weighted by atomic mass is 10.1. The van der Waals surface area contributed by atoms with Gasteiger partial charge in [-0.3, -0.25) is 4.68 Å². The maximum Gasteiger partial charge on any atom is 0.119 e. The Morgan fingerprint density at radius 1 is 1.44 bits per heavy atom. The van der Waals surface area contributed by atoms with Crippen LogP contribution in [0.5, 0.6) is 5.75 Å². The monoisotopic (exact) mass is 246 g/mol. The largest absolute Gasteiger partial charge is 0.497 e. The molecule has 1 atom stereocenters. The molecule has 0 fully saturated rings. The minimum absolute atomic E-state index is 0.245. The highest BCUT2D eigenvalue weighted by Crippen LogP contribution is 2.18. The molecule has 0 spiro atoms. The summed E-state index contributed by atoms with van der Waals surface area (Å²) in [5, 5.41) is 11.2. The van der Waals surface area contributed by atoms with E-state index in [1.165, 1.54) is 5.56 Å². The fraction of sp³-hybridized carbons (Fsp3) is 0.385. The molecule has 0 amide bonds. The van der Waals surface area contributed by atoms with Gasteiger partial charge in [0.2, 0.25) is 0 Å². The number of nitrogens with zero attached hydrogens (tertiary/aromatic N) is 3. The Kier molecular flexibility index (Phi) is 3.94. The lowest BCUT2D eigenvalue weighted by molar-refractivity contribution is 0.413. The van der Waals surface area contributed by atoms with Crippen LogP contribution in [0.4, 0.5) is 0 Å². The number of hydrogen-bond acceptors (Lipinski definition) is 4. The fourth-order valence-corrected chi connectivity index (χ4v) is 1.76. The number of ether oxygens (including phenoxy) is 1. The summed E-state index contributed by atoms with van der Waals surface area (Å²) < 4.78 is 6.99. The fourth-order valence-electron chi connectivity index (χ4n) is 1.76. The Hall–Kier alpha value is -1.88. The molecule has 1 aromatic heterocycles. The highest BCUT2D eigenvalue weighted by atomic mass is 16.5. The van der Waals surface area contributed by atoms with Crippen LogP contribution in [0.1, 0.15) is 24.2 Å². The van der Waals surface area contributed by atoms with E-state index in [0.29, 0.717) is 0 Å². The lowest BCUT2D eigenvalue weighted by Crippen LogP contribution is -2.19. The Morgan fingerprint density at radius 3 is 2.94 bits per heavy atom. The van der Waals surface area contributed by atoms with Gasteiger partial charge in [0.1, 0.15) is 5.75 Å². The maximum absolute atomic E-state index is 5.22. The van der Waals surface area contributed by atoms with Crippen LogP contribution in [-0.4, -0.2) is 22.1 Å². The molecule has 1 aromatic carbocycles. The number of aromatic nitrogens is 3. The van der Waals surface area contributed by atoms with Crippen molar-refractivity contribution in [2.24, 2.45) is 7.05 Å². The van der Waals surface area contributed by atoms with Gasteiger partial charge in [0.05, 0.1) is 19.0 Å². The molecule has 0 aliphatic rings. The van der Waals surface area contributed by atoms with Crippen molar-refractivity contribution in [3.05, 3.63) is 41.7 Å². The number of hydrogen-bond donors (Lipinski definition) is 1. The van der Waals surface area contributed by atoms with Gasteiger partial charge in [0.25, 0.3) is 0 Å². The van der Waals surface area contributed by atoms with Crippen LogP contribution >= 0.6 is 0 Å². The highest BCUT2D eigenvalue weighted by Gasteiger charge is 2.07. The molecule has 0 aliphatic carbocycles. The third kappa shape index (κ3) is 2.87. The van der Waals surface area contributed by atoms with Crippen LogP contribution in [0.15, 0.2) is 30.5 Å². The lowest BCUT2D eigenvalue weighted by Gasteiger charge is -2.14. The minimum Gasteiger partial charge on any atom is -0.497 e. The summed E-state index contributed by atoms with van der Waals surface area (Å²) in [6, 6.07) is 8.31. The standard InChI is InChI=1S/C13H18N4O/c1-10(11-5-4-6-13(7-11)18-3)14-8-12-9-15-16-17(12)2/h4-7,9-10,14H,8H2,1-3H3/t10-/m1/s1. The second-order valence-corrected chi connectivity index (χ2v) is 4.23. The SMILES string of the molecule is COc1cccc([C@@H](C)NCc2cnnn2C)c1. The maximum atomic E-state index is 5.22. The predicted molar refractivity (Wildman–Crippen MR) is 69.3 cm³/mol. The molecule has 96 valence electrons. The molecule has 2 aromatic rings. The number of rotatable bonds is 5. The van der Waals surface area contributed by atoms with E-state index >= 15 is 0 Å². The second kappa shape index (κ2) is 5.64. The molecule has 2 rings (SSSR count). The molecule has 5 nitrogen and oxygen atoms in total. The average molecular weight is 246 g/mol. The van der Waals surface area contributed by atoms with Crippen molar-refractivity contribution in [2.75, 3.05) is 7.11 Å². The first-order chi connectivity index (χ1) is 8.70. The first-order valence-corrected chi connectivity index (χ1v) is 5.91. The molecule has 5 heteroatoms. The van der Waals surface area contributed by atoms with Crippen LogP contribution in [0.2, 0.25) is 0 Å². The van der Waals surface area contributed by atoms with Crippen LogP contribution in [0.3, 0.4) is 0 Å². The van der Waals surface area contributed by atoms with Crippen molar-refractivity contribution in [1.82, 2.24) is 20.3 Å². The van der Waals surface area contributed by atoms with Gasteiger partial charge in [-0.1, -0.05) is 17.3 Å². The van der Waals surface area contributed by atoms with Crippen LogP contribution in [0.25, 0.3) is 0 Å². The van der Waals surface area contributed by atoms with Gasteiger partial charge < -0.3 is 10.1 Å². The Labute approximate surface area is 107 Å². The van der Waals surface area contributed by atoms with Crippen molar-refractivity contribution in [3.63, 3.8) is 0 Å². The van der Waals surface area contributed by atoms with Gasteiger partial charge in [-0.05, 0) is 24.6 Å². The third-order valence-corrected chi connectivity index (χ3v) is 2.99. The number of aryl methyl sites for hydroxylation is 1. The quantitative estimate of drug-likeness (QED) is 0.872. The molecule has 0 unspecified atom stereocenters. The molecule has 0 saturated carbocycles. The molecule has 1 heterocycles. The van der Waals surface area contributed by atoms with Crippen LogP contribution < -0.4 is 10.1 Å². The molecule has 18 heavy (non-hydrogen) atoms. The topological polar surface area (TPSA) is 52.0 Å². The van der Waals surface area contributed by atoms with Gasteiger partial charge in [0, 0.05) is 19.6 Å². The van der Waals surface area contributed by atoms with Crippen molar-refractivity contribution >= 4 is 0 Å². The van der Waals surface area contributed by atoms with Gasteiger partial charge >= 0.3 is 0 Å².